The molecular formula is C12H17NO. The highest BCUT2D eigenvalue weighted by Gasteiger charge is 1.94. The van der Waals surface area contributed by atoms with E-state index >= 15 is 0 Å². The van der Waals surface area contributed by atoms with Crippen molar-refractivity contribution in [3.8, 4) is 0 Å². The third-order valence-electron chi connectivity index (χ3n) is 1.62. The molecule has 2 nitrogen and oxygen atoms in total. The largest absolute Gasteiger partial charge is 0.497 e. The van der Waals surface area contributed by atoms with Gasteiger partial charge in [0.15, 0.2) is 0 Å². The maximum atomic E-state index is 4.98. The summed E-state index contributed by atoms with van der Waals surface area (Å²) in [5, 5.41) is 0. The third-order valence-corrected chi connectivity index (χ3v) is 1.62. The smallest absolute Gasteiger partial charge is 0.118 e. The average Bonchev–Trinajstić information content (AvgIpc) is 2.19. The van der Waals surface area contributed by atoms with Crippen LogP contribution in [-0.2, 0) is 4.74 Å². The van der Waals surface area contributed by atoms with Crippen molar-refractivity contribution in [2.24, 2.45) is 4.99 Å². The second-order valence-electron chi connectivity index (χ2n) is 2.81. The first-order chi connectivity index (χ1) is 6.65. The van der Waals surface area contributed by atoms with Crippen molar-refractivity contribution in [2.75, 3.05) is 14.2 Å². The predicted octanol–water partition coefficient (Wildman–Crippen LogP) is 2.93. The zero-order valence-electron chi connectivity index (χ0n) is 9.08. The fourth-order valence-corrected chi connectivity index (χ4v) is 0.857. The van der Waals surface area contributed by atoms with Crippen molar-refractivity contribution in [1.29, 1.82) is 0 Å². The van der Waals surface area contributed by atoms with Gasteiger partial charge in [-0.25, -0.2) is 0 Å². The van der Waals surface area contributed by atoms with Gasteiger partial charge in [0.25, 0.3) is 0 Å². The van der Waals surface area contributed by atoms with Gasteiger partial charge in [-0.15, -0.1) is 0 Å². The van der Waals surface area contributed by atoms with Gasteiger partial charge in [-0.05, 0) is 13.6 Å². The van der Waals surface area contributed by atoms with Crippen LogP contribution >= 0.6 is 0 Å². The molecule has 0 spiro atoms. The summed E-state index contributed by atoms with van der Waals surface area (Å²) in [6.45, 7) is 8.92. The van der Waals surface area contributed by atoms with Crippen molar-refractivity contribution in [1.82, 2.24) is 0 Å². The minimum Gasteiger partial charge on any atom is -0.497 e. The van der Waals surface area contributed by atoms with Crippen LogP contribution in [0.25, 0.3) is 5.76 Å². The fourth-order valence-electron chi connectivity index (χ4n) is 0.857. The SMILES string of the molecule is C=C(OC)c1ccc(C)cc1.C=NC. The van der Waals surface area contributed by atoms with E-state index in [-0.39, 0.29) is 0 Å². The van der Waals surface area contributed by atoms with Gasteiger partial charge in [-0.3, -0.25) is 0 Å². The molecule has 0 aromatic heterocycles. The Morgan fingerprint density at radius 2 is 1.71 bits per heavy atom. The first-order valence-electron chi connectivity index (χ1n) is 4.30. The Morgan fingerprint density at radius 3 is 2.07 bits per heavy atom. The van der Waals surface area contributed by atoms with E-state index in [0.717, 1.165) is 5.56 Å². The molecule has 1 aromatic carbocycles. The maximum absolute atomic E-state index is 4.98. The molecule has 0 fully saturated rings. The summed E-state index contributed by atoms with van der Waals surface area (Å²) < 4.78 is 4.98. The third kappa shape index (κ3) is 4.45. The fraction of sp³-hybridized carbons (Fsp3) is 0.250. The van der Waals surface area contributed by atoms with Crippen LogP contribution in [-0.4, -0.2) is 20.9 Å². The van der Waals surface area contributed by atoms with E-state index in [2.05, 4.69) is 25.2 Å². The van der Waals surface area contributed by atoms with Gasteiger partial charge in [0.1, 0.15) is 5.76 Å². The lowest BCUT2D eigenvalue weighted by Crippen LogP contribution is -1.84. The lowest BCUT2D eigenvalue weighted by Gasteiger charge is -2.03. The molecule has 1 aromatic rings. The van der Waals surface area contributed by atoms with Gasteiger partial charge in [0.2, 0.25) is 0 Å². The Hall–Kier alpha value is -1.57. The zero-order chi connectivity index (χ0) is 11.0. The molecule has 76 valence electrons. The summed E-state index contributed by atoms with van der Waals surface area (Å²) in [6, 6.07) is 8.08. The van der Waals surface area contributed by atoms with E-state index in [9.17, 15) is 0 Å². The number of hydrogen-bond donors (Lipinski definition) is 0. The van der Waals surface area contributed by atoms with Crippen LogP contribution < -0.4 is 0 Å². The minimum atomic E-state index is 0.713. The Balaban J connectivity index is 0.000000500. The molecule has 0 aliphatic heterocycles. The Kier molecular flexibility index (Phi) is 6.12. The van der Waals surface area contributed by atoms with Gasteiger partial charge in [-0.2, -0.15) is 0 Å². The monoisotopic (exact) mass is 191 g/mol. The highest BCUT2D eigenvalue weighted by molar-refractivity contribution is 5.57. The summed E-state index contributed by atoms with van der Waals surface area (Å²) in [5.41, 5.74) is 2.29. The number of aliphatic imine (C=N–C) groups is 1. The van der Waals surface area contributed by atoms with Crippen LogP contribution in [0.3, 0.4) is 0 Å². The van der Waals surface area contributed by atoms with Crippen LogP contribution in [0.4, 0.5) is 0 Å². The number of aryl methyl sites for hydroxylation is 1. The van der Waals surface area contributed by atoms with Crippen molar-refractivity contribution in [2.45, 2.75) is 6.92 Å². The Morgan fingerprint density at radius 1 is 1.29 bits per heavy atom. The number of hydrogen-bond acceptors (Lipinski definition) is 2. The standard InChI is InChI=1S/C10H12O.C2H5N/c1-8-4-6-10(7-5-8)9(2)11-3;1-3-2/h4-7H,2H2,1,3H3;1H2,2H3. The van der Waals surface area contributed by atoms with Crippen LogP contribution in [0.1, 0.15) is 11.1 Å². The van der Waals surface area contributed by atoms with Gasteiger partial charge < -0.3 is 9.73 Å². The molecule has 0 heterocycles. The quantitative estimate of drug-likeness (QED) is 0.520. The normalized spacial score (nSPS) is 8.21. The van der Waals surface area contributed by atoms with E-state index in [1.165, 1.54) is 5.56 Å². The van der Waals surface area contributed by atoms with E-state index in [1.807, 2.05) is 24.3 Å². The molecule has 0 N–H and O–H groups in total. The number of methoxy groups -OCH3 is 1. The zero-order valence-corrected chi connectivity index (χ0v) is 9.08. The second kappa shape index (κ2) is 6.89. The highest BCUT2D eigenvalue weighted by Crippen LogP contribution is 2.12. The van der Waals surface area contributed by atoms with Crippen LogP contribution in [0.15, 0.2) is 35.8 Å². The number of ether oxygens (including phenoxy) is 1. The Bertz CT molecular complexity index is 288. The molecule has 14 heavy (non-hydrogen) atoms. The predicted molar refractivity (Wildman–Crippen MR) is 62.7 cm³/mol. The molecule has 0 saturated heterocycles. The summed E-state index contributed by atoms with van der Waals surface area (Å²) in [7, 11) is 3.27. The molecule has 2 heteroatoms. The highest BCUT2D eigenvalue weighted by atomic mass is 16.5. The van der Waals surface area contributed by atoms with Gasteiger partial charge in [0, 0.05) is 12.6 Å². The first-order valence-corrected chi connectivity index (χ1v) is 4.30. The molecule has 0 saturated carbocycles. The number of nitrogens with zero attached hydrogens (tertiary/aromatic N) is 1. The van der Waals surface area contributed by atoms with Crippen molar-refractivity contribution >= 4 is 12.5 Å². The van der Waals surface area contributed by atoms with Crippen LogP contribution in [0.2, 0.25) is 0 Å². The molecule has 0 radical (unpaired) electrons. The van der Waals surface area contributed by atoms with E-state index in [0.29, 0.717) is 5.76 Å². The number of rotatable bonds is 2. The molecular weight excluding hydrogens is 174 g/mol. The molecule has 0 aliphatic carbocycles. The lowest BCUT2D eigenvalue weighted by molar-refractivity contribution is 0.371. The summed E-state index contributed by atoms with van der Waals surface area (Å²) >= 11 is 0. The van der Waals surface area contributed by atoms with Crippen LogP contribution in [0.5, 0.6) is 0 Å². The molecule has 0 aliphatic rings. The maximum Gasteiger partial charge on any atom is 0.118 e. The summed E-state index contributed by atoms with van der Waals surface area (Å²) in [6.07, 6.45) is 0. The van der Waals surface area contributed by atoms with Crippen molar-refractivity contribution < 1.29 is 4.74 Å². The number of benzene rings is 1. The van der Waals surface area contributed by atoms with Gasteiger partial charge >= 0.3 is 0 Å². The average molecular weight is 191 g/mol. The molecule has 0 bridgehead atoms. The van der Waals surface area contributed by atoms with Gasteiger partial charge in [0.05, 0.1) is 7.11 Å². The molecule has 1 rings (SSSR count). The van der Waals surface area contributed by atoms with E-state index in [4.69, 9.17) is 4.74 Å². The summed E-state index contributed by atoms with van der Waals surface area (Å²) in [5.74, 6) is 0.713. The van der Waals surface area contributed by atoms with E-state index in [1.54, 1.807) is 14.2 Å². The second-order valence-corrected chi connectivity index (χ2v) is 2.81. The van der Waals surface area contributed by atoms with Crippen molar-refractivity contribution in [3.05, 3.63) is 42.0 Å². The van der Waals surface area contributed by atoms with Crippen molar-refractivity contribution in [3.63, 3.8) is 0 Å². The molecule has 0 amide bonds. The van der Waals surface area contributed by atoms with Crippen LogP contribution in [0, 0.1) is 6.92 Å². The lowest BCUT2D eigenvalue weighted by atomic mass is 10.1. The Labute approximate surface area is 85.9 Å². The van der Waals surface area contributed by atoms with E-state index < -0.39 is 0 Å². The minimum absolute atomic E-state index is 0.713. The molecule has 0 unspecified atom stereocenters. The first kappa shape index (κ1) is 12.4. The topological polar surface area (TPSA) is 21.6 Å². The van der Waals surface area contributed by atoms with Gasteiger partial charge in [-0.1, -0.05) is 36.4 Å². The summed E-state index contributed by atoms with van der Waals surface area (Å²) in [4.78, 5) is 3.25. The molecule has 0 atom stereocenters.